The van der Waals surface area contributed by atoms with Gasteiger partial charge < -0.3 is 15.0 Å². The van der Waals surface area contributed by atoms with Gasteiger partial charge in [0.2, 0.25) is 5.91 Å². The van der Waals surface area contributed by atoms with Crippen molar-refractivity contribution in [2.24, 2.45) is 0 Å². The Kier molecular flexibility index (Phi) is 9.07. The molecule has 1 atom stereocenters. The summed E-state index contributed by atoms with van der Waals surface area (Å²) >= 11 is 3.50. The Bertz CT molecular complexity index is 1040. The van der Waals surface area contributed by atoms with E-state index in [1.54, 1.807) is 17.0 Å². The summed E-state index contributed by atoms with van der Waals surface area (Å²) in [6.45, 7) is 3.96. The molecule has 3 aromatic carbocycles. The third-order valence-corrected chi connectivity index (χ3v) is 5.54. The van der Waals surface area contributed by atoms with Crippen LogP contribution in [0.25, 0.3) is 0 Å². The Labute approximate surface area is 203 Å². The highest BCUT2D eigenvalue weighted by Gasteiger charge is 2.31. The molecule has 6 heteroatoms. The van der Waals surface area contributed by atoms with Gasteiger partial charge in [-0.05, 0) is 49.2 Å². The quantitative estimate of drug-likeness (QED) is 0.419. The number of rotatable bonds is 10. The summed E-state index contributed by atoms with van der Waals surface area (Å²) in [5.74, 6) is 0.176. The van der Waals surface area contributed by atoms with Crippen LogP contribution in [0.1, 0.15) is 25.0 Å². The summed E-state index contributed by atoms with van der Waals surface area (Å²) in [7, 11) is 0. The predicted molar refractivity (Wildman–Crippen MR) is 134 cm³/mol. The van der Waals surface area contributed by atoms with Gasteiger partial charge in [-0.3, -0.25) is 9.59 Å². The van der Waals surface area contributed by atoms with Crippen LogP contribution < -0.4 is 10.1 Å². The van der Waals surface area contributed by atoms with Crippen molar-refractivity contribution < 1.29 is 14.3 Å². The molecule has 3 aromatic rings. The fourth-order valence-corrected chi connectivity index (χ4v) is 3.96. The first kappa shape index (κ1) is 24.5. The van der Waals surface area contributed by atoms with Gasteiger partial charge in [-0.2, -0.15) is 0 Å². The van der Waals surface area contributed by atoms with Crippen molar-refractivity contribution in [3.8, 4) is 5.75 Å². The maximum Gasteiger partial charge on any atom is 0.261 e. The minimum absolute atomic E-state index is 0.0424. The molecule has 0 aliphatic rings. The Hall–Kier alpha value is -3.12. The van der Waals surface area contributed by atoms with E-state index in [9.17, 15) is 9.59 Å². The molecule has 33 heavy (non-hydrogen) atoms. The molecule has 2 amide bonds. The third-order valence-electron chi connectivity index (χ3n) is 5.05. The first-order valence-corrected chi connectivity index (χ1v) is 11.8. The fraction of sp³-hybridized carbons (Fsp3) is 0.259. The van der Waals surface area contributed by atoms with Crippen molar-refractivity contribution in [3.05, 3.63) is 101 Å². The zero-order valence-corrected chi connectivity index (χ0v) is 20.5. The smallest absolute Gasteiger partial charge is 0.261 e. The zero-order valence-electron chi connectivity index (χ0n) is 18.9. The summed E-state index contributed by atoms with van der Waals surface area (Å²) in [5.41, 5.74) is 1.91. The Morgan fingerprint density at radius 2 is 1.55 bits per heavy atom. The molecule has 0 unspecified atom stereocenters. The van der Waals surface area contributed by atoms with E-state index in [1.165, 1.54) is 0 Å². The average molecular weight is 509 g/mol. The third kappa shape index (κ3) is 7.75. The Morgan fingerprint density at radius 3 is 2.18 bits per heavy atom. The van der Waals surface area contributed by atoms with Crippen molar-refractivity contribution in [1.29, 1.82) is 0 Å². The molecule has 0 aliphatic heterocycles. The summed E-state index contributed by atoms with van der Waals surface area (Å²) in [6.07, 6.45) is 0.407. The van der Waals surface area contributed by atoms with Gasteiger partial charge >= 0.3 is 0 Å². The van der Waals surface area contributed by atoms with Crippen LogP contribution in [0.3, 0.4) is 0 Å². The largest absolute Gasteiger partial charge is 0.484 e. The summed E-state index contributed by atoms with van der Waals surface area (Å²) in [6, 6.07) is 26.0. The first-order valence-electron chi connectivity index (χ1n) is 11.0. The van der Waals surface area contributed by atoms with Crippen molar-refractivity contribution in [1.82, 2.24) is 10.2 Å². The van der Waals surface area contributed by atoms with E-state index in [1.807, 2.05) is 86.6 Å². The fourth-order valence-electron chi connectivity index (χ4n) is 3.51. The lowest BCUT2D eigenvalue weighted by atomic mass is 10.0. The standard InChI is InChI=1S/C27H29BrN2O3/c1-20(2)29-27(32)25(17-21-10-5-3-6-11-21)30(18-22-12-9-13-23(28)16-22)26(31)19-33-24-14-7-4-8-15-24/h3-16,20,25H,17-19H2,1-2H3,(H,29,32)/t25-/m0/s1. The maximum atomic E-state index is 13.4. The van der Waals surface area contributed by atoms with E-state index in [0.717, 1.165) is 15.6 Å². The number of benzene rings is 3. The molecule has 0 bridgehead atoms. The maximum absolute atomic E-state index is 13.4. The van der Waals surface area contributed by atoms with E-state index in [2.05, 4.69) is 21.2 Å². The number of nitrogens with one attached hydrogen (secondary N) is 1. The van der Waals surface area contributed by atoms with Crippen LogP contribution in [-0.2, 0) is 22.6 Å². The van der Waals surface area contributed by atoms with Gasteiger partial charge in [-0.25, -0.2) is 0 Å². The van der Waals surface area contributed by atoms with E-state index < -0.39 is 6.04 Å². The number of para-hydroxylation sites is 1. The number of hydrogen-bond donors (Lipinski definition) is 1. The molecule has 0 saturated carbocycles. The average Bonchev–Trinajstić information content (AvgIpc) is 2.80. The van der Waals surface area contributed by atoms with Crippen LogP contribution in [0.4, 0.5) is 0 Å². The lowest BCUT2D eigenvalue weighted by molar-refractivity contribution is -0.143. The van der Waals surface area contributed by atoms with Crippen LogP contribution in [0.15, 0.2) is 89.4 Å². The molecule has 0 saturated heterocycles. The van der Waals surface area contributed by atoms with Crippen LogP contribution in [0, 0.1) is 0 Å². The van der Waals surface area contributed by atoms with Gasteiger partial charge in [0.15, 0.2) is 6.61 Å². The molecule has 3 rings (SSSR count). The predicted octanol–water partition coefficient (Wildman–Crippen LogP) is 4.99. The van der Waals surface area contributed by atoms with Crippen LogP contribution in [-0.4, -0.2) is 35.4 Å². The molecule has 0 fully saturated rings. The van der Waals surface area contributed by atoms with Crippen molar-refractivity contribution in [2.75, 3.05) is 6.61 Å². The molecule has 0 spiro atoms. The van der Waals surface area contributed by atoms with Gasteiger partial charge in [0, 0.05) is 23.5 Å². The molecular weight excluding hydrogens is 480 g/mol. The summed E-state index contributed by atoms with van der Waals surface area (Å²) in [4.78, 5) is 28.3. The van der Waals surface area contributed by atoms with Gasteiger partial charge in [0.25, 0.3) is 5.91 Å². The topological polar surface area (TPSA) is 58.6 Å². The highest BCUT2D eigenvalue weighted by atomic mass is 79.9. The van der Waals surface area contributed by atoms with Gasteiger partial charge in [0.05, 0.1) is 0 Å². The van der Waals surface area contributed by atoms with E-state index in [-0.39, 0.29) is 24.5 Å². The van der Waals surface area contributed by atoms with E-state index >= 15 is 0 Å². The Morgan fingerprint density at radius 1 is 0.909 bits per heavy atom. The van der Waals surface area contributed by atoms with Crippen molar-refractivity contribution in [3.63, 3.8) is 0 Å². The molecule has 0 aliphatic carbocycles. The Balaban J connectivity index is 1.90. The molecular formula is C27H29BrN2O3. The van der Waals surface area contributed by atoms with Gasteiger partial charge in [0.1, 0.15) is 11.8 Å². The number of nitrogens with zero attached hydrogens (tertiary/aromatic N) is 1. The lowest BCUT2D eigenvalue weighted by Gasteiger charge is -2.32. The second-order valence-corrected chi connectivity index (χ2v) is 9.04. The highest BCUT2D eigenvalue weighted by Crippen LogP contribution is 2.18. The zero-order chi connectivity index (χ0) is 23.6. The second kappa shape index (κ2) is 12.2. The van der Waals surface area contributed by atoms with Crippen LogP contribution in [0.5, 0.6) is 5.75 Å². The molecule has 1 N–H and O–H groups in total. The monoisotopic (exact) mass is 508 g/mol. The van der Waals surface area contributed by atoms with Crippen molar-refractivity contribution in [2.45, 2.75) is 38.9 Å². The molecule has 0 aromatic heterocycles. The van der Waals surface area contributed by atoms with Gasteiger partial charge in [-0.15, -0.1) is 0 Å². The normalized spacial score (nSPS) is 11.6. The second-order valence-electron chi connectivity index (χ2n) is 8.12. The minimum Gasteiger partial charge on any atom is -0.484 e. The van der Waals surface area contributed by atoms with Crippen LogP contribution >= 0.6 is 15.9 Å². The first-order chi connectivity index (χ1) is 15.9. The number of carbonyl (C=O) groups is 2. The van der Waals surface area contributed by atoms with Crippen molar-refractivity contribution >= 4 is 27.7 Å². The molecule has 0 radical (unpaired) electrons. The summed E-state index contributed by atoms with van der Waals surface area (Å²) in [5, 5.41) is 2.99. The minimum atomic E-state index is -0.680. The molecule has 0 heterocycles. The van der Waals surface area contributed by atoms with Crippen LogP contribution in [0.2, 0.25) is 0 Å². The number of halogens is 1. The van der Waals surface area contributed by atoms with Gasteiger partial charge in [-0.1, -0.05) is 76.6 Å². The highest BCUT2D eigenvalue weighted by molar-refractivity contribution is 9.10. The molecule has 172 valence electrons. The van der Waals surface area contributed by atoms with E-state index in [4.69, 9.17) is 4.74 Å². The lowest BCUT2D eigenvalue weighted by Crippen LogP contribution is -2.52. The van der Waals surface area contributed by atoms with E-state index in [0.29, 0.717) is 18.7 Å². The number of amides is 2. The SMILES string of the molecule is CC(C)NC(=O)[C@H](Cc1ccccc1)N(Cc1cccc(Br)c1)C(=O)COc1ccccc1. The number of carbonyl (C=O) groups excluding carboxylic acids is 2. The molecule has 5 nitrogen and oxygen atoms in total. The number of ether oxygens (including phenoxy) is 1. The number of hydrogen-bond acceptors (Lipinski definition) is 3. The summed E-state index contributed by atoms with van der Waals surface area (Å²) < 4.78 is 6.66.